The standard InChI is InChI=1S/C25H36N2O3S/c1-24(2,3)30-23(28)27-15-13-26(14-16-27)20(18-25(29)11-7-4-8-12-25)22-17-19-9-5-6-10-21(19)31-22/h5-6,9-10,17,20,29H,4,7-8,11-16,18H2,1-3H3. The van der Waals surface area contributed by atoms with Gasteiger partial charge in [0.25, 0.3) is 0 Å². The summed E-state index contributed by atoms with van der Waals surface area (Å²) in [6, 6.07) is 11.0. The van der Waals surface area contributed by atoms with Crippen LogP contribution in [0.3, 0.4) is 0 Å². The molecule has 1 saturated heterocycles. The van der Waals surface area contributed by atoms with Gasteiger partial charge in [-0.25, -0.2) is 4.79 Å². The van der Waals surface area contributed by atoms with Gasteiger partial charge >= 0.3 is 6.09 Å². The molecule has 1 amide bonds. The molecule has 1 aromatic heterocycles. The number of piperazine rings is 1. The molecule has 1 aliphatic carbocycles. The van der Waals surface area contributed by atoms with E-state index in [1.54, 1.807) is 0 Å². The van der Waals surface area contributed by atoms with Gasteiger partial charge in [0.05, 0.1) is 5.60 Å². The molecule has 2 fully saturated rings. The Hall–Kier alpha value is -1.63. The molecule has 1 unspecified atom stereocenters. The number of nitrogens with zero attached hydrogens (tertiary/aromatic N) is 2. The molecule has 5 nitrogen and oxygen atoms in total. The Labute approximate surface area is 190 Å². The van der Waals surface area contributed by atoms with Crippen molar-refractivity contribution >= 4 is 27.5 Å². The summed E-state index contributed by atoms with van der Waals surface area (Å²) in [7, 11) is 0. The Kier molecular flexibility index (Phi) is 6.61. The van der Waals surface area contributed by atoms with Crippen molar-refractivity contribution in [1.29, 1.82) is 0 Å². The van der Waals surface area contributed by atoms with E-state index < -0.39 is 11.2 Å². The van der Waals surface area contributed by atoms with E-state index in [0.29, 0.717) is 13.1 Å². The second-order valence-electron chi connectivity index (χ2n) is 10.2. The van der Waals surface area contributed by atoms with E-state index in [4.69, 9.17) is 4.74 Å². The molecular weight excluding hydrogens is 408 g/mol. The summed E-state index contributed by atoms with van der Waals surface area (Å²) in [4.78, 5) is 18.1. The van der Waals surface area contributed by atoms with Crippen LogP contribution in [0.15, 0.2) is 30.3 Å². The van der Waals surface area contributed by atoms with E-state index in [0.717, 1.165) is 45.2 Å². The summed E-state index contributed by atoms with van der Waals surface area (Å²) in [6.07, 6.45) is 5.79. The second kappa shape index (κ2) is 9.08. The van der Waals surface area contributed by atoms with Crippen LogP contribution in [0, 0.1) is 0 Å². The lowest BCUT2D eigenvalue weighted by molar-refractivity contribution is -0.0360. The molecule has 1 N–H and O–H groups in total. The fraction of sp³-hybridized carbons (Fsp3) is 0.640. The highest BCUT2D eigenvalue weighted by Gasteiger charge is 2.37. The van der Waals surface area contributed by atoms with Crippen LogP contribution in [0.25, 0.3) is 10.1 Å². The van der Waals surface area contributed by atoms with Crippen LogP contribution in [0.5, 0.6) is 0 Å². The first kappa shape index (κ1) is 22.6. The van der Waals surface area contributed by atoms with Gasteiger partial charge in [-0.1, -0.05) is 37.5 Å². The van der Waals surface area contributed by atoms with E-state index in [2.05, 4.69) is 35.2 Å². The number of thiophene rings is 1. The predicted molar refractivity (Wildman–Crippen MR) is 127 cm³/mol. The number of amides is 1. The minimum absolute atomic E-state index is 0.182. The van der Waals surface area contributed by atoms with Crippen molar-refractivity contribution in [2.45, 2.75) is 76.5 Å². The molecule has 31 heavy (non-hydrogen) atoms. The lowest BCUT2D eigenvalue weighted by Gasteiger charge is -2.43. The van der Waals surface area contributed by atoms with E-state index in [1.165, 1.54) is 21.4 Å². The third-order valence-corrected chi connectivity index (χ3v) is 7.75. The number of ether oxygens (including phenoxy) is 1. The van der Waals surface area contributed by atoms with Gasteiger partial charge < -0.3 is 14.7 Å². The molecule has 4 rings (SSSR count). The molecule has 0 radical (unpaired) electrons. The first-order chi connectivity index (χ1) is 14.7. The van der Waals surface area contributed by atoms with Crippen LogP contribution in [-0.4, -0.2) is 58.4 Å². The van der Waals surface area contributed by atoms with Gasteiger partial charge in [0.2, 0.25) is 0 Å². The van der Waals surface area contributed by atoms with E-state index in [9.17, 15) is 9.90 Å². The summed E-state index contributed by atoms with van der Waals surface area (Å²) in [5, 5.41) is 12.6. The number of benzene rings is 1. The molecule has 1 aromatic carbocycles. The SMILES string of the molecule is CC(C)(C)OC(=O)N1CCN(C(CC2(O)CCCCC2)c2cc3ccccc3s2)CC1. The molecule has 1 atom stereocenters. The smallest absolute Gasteiger partial charge is 0.410 e. The lowest BCUT2D eigenvalue weighted by Crippen LogP contribution is -2.51. The summed E-state index contributed by atoms with van der Waals surface area (Å²) < 4.78 is 6.86. The minimum Gasteiger partial charge on any atom is -0.444 e. The average Bonchev–Trinajstić information content (AvgIpc) is 3.15. The van der Waals surface area contributed by atoms with Crippen LogP contribution < -0.4 is 0 Å². The van der Waals surface area contributed by atoms with E-state index in [-0.39, 0.29) is 12.1 Å². The molecule has 1 aliphatic heterocycles. The highest BCUT2D eigenvalue weighted by molar-refractivity contribution is 7.19. The maximum absolute atomic E-state index is 12.5. The second-order valence-corrected chi connectivity index (χ2v) is 11.3. The van der Waals surface area contributed by atoms with Gasteiger partial charge in [-0.05, 0) is 57.6 Å². The average molecular weight is 445 g/mol. The summed E-state index contributed by atoms with van der Waals surface area (Å²) >= 11 is 1.84. The predicted octanol–water partition coefficient (Wildman–Crippen LogP) is 5.58. The minimum atomic E-state index is -0.582. The Morgan fingerprint density at radius 3 is 2.45 bits per heavy atom. The molecule has 2 aromatic rings. The van der Waals surface area contributed by atoms with Crippen molar-refractivity contribution in [2.75, 3.05) is 26.2 Å². The van der Waals surface area contributed by atoms with Crippen molar-refractivity contribution in [1.82, 2.24) is 9.80 Å². The molecule has 0 spiro atoms. The Balaban J connectivity index is 1.51. The van der Waals surface area contributed by atoms with Gasteiger partial charge in [0.15, 0.2) is 0 Å². The number of fused-ring (bicyclic) bond motifs is 1. The van der Waals surface area contributed by atoms with Crippen LogP contribution in [-0.2, 0) is 4.74 Å². The number of aliphatic hydroxyl groups is 1. The highest BCUT2D eigenvalue weighted by atomic mass is 32.1. The van der Waals surface area contributed by atoms with Crippen molar-refractivity contribution < 1.29 is 14.6 Å². The molecule has 6 heteroatoms. The zero-order valence-electron chi connectivity index (χ0n) is 19.1. The van der Waals surface area contributed by atoms with Crippen molar-refractivity contribution in [2.24, 2.45) is 0 Å². The number of hydrogen-bond donors (Lipinski definition) is 1. The third kappa shape index (κ3) is 5.60. The monoisotopic (exact) mass is 444 g/mol. The first-order valence-corrected chi connectivity index (χ1v) is 12.5. The Morgan fingerprint density at radius 2 is 1.81 bits per heavy atom. The number of rotatable bonds is 4. The van der Waals surface area contributed by atoms with Crippen molar-refractivity contribution in [3.05, 3.63) is 35.2 Å². The highest BCUT2D eigenvalue weighted by Crippen LogP contribution is 2.41. The molecule has 2 aliphatic rings. The summed E-state index contributed by atoms with van der Waals surface area (Å²) in [5.41, 5.74) is -1.06. The van der Waals surface area contributed by atoms with Crippen molar-refractivity contribution in [3.63, 3.8) is 0 Å². The van der Waals surface area contributed by atoms with Gasteiger partial charge in [-0.15, -0.1) is 11.3 Å². The molecule has 170 valence electrons. The topological polar surface area (TPSA) is 53.0 Å². The lowest BCUT2D eigenvalue weighted by atomic mass is 9.80. The van der Waals surface area contributed by atoms with Gasteiger partial charge in [0.1, 0.15) is 5.60 Å². The number of carbonyl (C=O) groups is 1. The van der Waals surface area contributed by atoms with Gasteiger partial charge in [-0.2, -0.15) is 0 Å². The maximum Gasteiger partial charge on any atom is 0.410 e. The van der Waals surface area contributed by atoms with Crippen LogP contribution in [0.1, 0.15) is 70.2 Å². The first-order valence-electron chi connectivity index (χ1n) is 11.7. The number of carbonyl (C=O) groups excluding carboxylic acids is 1. The maximum atomic E-state index is 12.5. The third-order valence-electron chi connectivity index (χ3n) is 6.54. The van der Waals surface area contributed by atoms with Crippen LogP contribution in [0.4, 0.5) is 4.79 Å². The summed E-state index contributed by atoms with van der Waals surface area (Å²) in [6.45, 7) is 8.64. The molecule has 2 heterocycles. The van der Waals surface area contributed by atoms with Crippen LogP contribution in [0.2, 0.25) is 0 Å². The van der Waals surface area contributed by atoms with Gasteiger partial charge in [-0.3, -0.25) is 4.90 Å². The van der Waals surface area contributed by atoms with E-state index >= 15 is 0 Å². The Bertz CT molecular complexity index is 857. The quantitative estimate of drug-likeness (QED) is 0.669. The van der Waals surface area contributed by atoms with Crippen molar-refractivity contribution in [3.8, 4) is 0 Å². The Morgan fingerprint density at radius 1 is 1.13 bits per heavy atom. The van der Waals surface area contributed by atoms with Crippen LogP contribution >= 0.6 is 11.3 Å². The molecule has 1 saturated carbocycles. The number of hydrogen-bond acceptors (Lipinski definition) is 5. The van der Waals surface area contributed by atoms with Gasteiger partial charge in [0, 0.05) is 41.8 Å². The molecule has 0 bridgehead atoms. The fourth-order valence-electron chi connectivity index (χ4n) is 4.89. The zero-order valence-corrected chi connectivity index (χ0v) is 19.9. The summed E-state index contributed by atoms with van der Waals surface area (Å²) in [5.74, 6) is 0. The fourth-order valence-corrected chi connectivity index (χ4v) is 6.09. The molecular formula is C25H36N2O3S. The normalized spacial score (nSPS) is 21.2. The zero-order chi connectivity index (χ0) is 22.1. The largest absolute Gasteiger partial charge is 0.444 e. The van der Waals surface area contributed by atoms with E-state index in [1.807, 2.05) is 37.0 Å².